The maximum Gasteiger partial charge on any atom is 0.0528 e. The standard InChI is InChI=1S/C8H19NO2S/c1-7(2)9-4-5-12(10,11)6-8(9)3/h7-8,10-11H,4-6H2,1-3H3. The lowest BCUT2D eigenvalue weighted by Crippen LogP contribution is -2.48. The zero-order valence-electron chi connectivity index (χ0n) is 8.03. The molecule has 74 valence electrons. The van der Waals surface area contributed by atoms with Crippen LogP contribution in [0.2, 0.25) is 0 Å². The molecule has 0 spiro atoms. The third kappa shape index (κ3) is 2.36. The van der Waals surface area contributed by atoms with Crippen LogP contribution in [0.25, 0.3) is 0 Å². The van der Waals surface area contributed by atoms with E-state index in [4.69, 9.17) is 0 Å². The molecular formula is C8H19NO2S. The molecule has 0 saturated carbocycles. The first-order chi connectivity index (χ1) is 5.42. The number of nitrogens with zero attached hydrogens (tertiary/aromatic N) is 1. The Hall–Kier alpha value is 0.230. The summed E-state index contributed by atoms with van der Waals surface area (Å²) in [5.41, 5.74) is 0. The lowest BCUT2D eigenvalue weighted by Gasteiger charge is -2.46. The molecule has 0 aliphatic carbocycles. The first kappa shape index (κ1) is 10.3. The van der Waals surface area contributed by atoms with Crippen LogP contribution >= 0.6 is 10.6 Å². The van der Waals surface area contributed by atoms with Gasteiger partial charge in [0.1, 0.15) is 0 Å². The van der Waals surface area contributed by atoms with Crippen LogP contribution in [0.4, 0.5) is 0 Å². The van der Waals surface area contributed by atoms with Crippen molar-refractivity contribution in [2.24, 2.45) is 0 Å². The van der Waals surface area contributed by atoms with Crippen LogP contribution in [0.15, 0.2) is 0 Å². The van der Waals surface area contributed by atoms with Gasteiger partial charge in [-0.05, 0) is 20.8 Å². The second-order valence-electron chi connectivity index (χ2n) is 3.85. The molecule has 1 unspecified atom stereocenters. The van der Waals surface area contributed by atoms with Gasteiger partial charge >= 0.3 is 0 Å². The van der Waals surface area contributed by atoms with Gasteiger partial charge in [-0.15, -0.1) is 0 Å². The van der Waals surface area contributed by atoms with Crippen molar-refractivity contribution in [2.45, 2.75) is 32.9 Å². The Morgan fingerprint density at radius 2 is 2.00 bits per heavy atom. The maximum atomic E-state index is 9.46. The van der Waals surface area contributed by atoms with Gasteiger partial charge in [-0.25, -0.2) is 0 Å². The highest BCUT2D eigenvalue weighted by molar-refractivity contribution is 8.24. The fourth-order valence-corrected chi connectivity index (χ4v) is 3.44. The number of rotatable bonds is 1. The van der Waals surface area contributed by atoms with Crippen LogP contribution in [-0.4, -0.2) is 44.1 Å². The van der Waals surface area contributed by atoms with Gasteiger partial charge in [0, 0.05) is 18.6 Å². The molecule has 0 aromatic rings. The summed E-state index contributed by atoms with van der Waals surface area (Å²) in [6, 6.07) is 0.819. The van der Waals surface area contributed by atoms with Crippen molar-refractivity contribution < 1.29 is 9.11 Å². The highest BCUT2D eigenvalue weighted by Crippen LogP contribution is 2.42. The van der Waals surface area contributed by atoms with Crippen LogP contribution < -0.4 is 0 Å². The van der Waals surface area contributed by atoms with Crippen molar-refractivity contribution in [3.05, 3.63) is 0 Å². The van der Waals surface area contributed by atoms with E-state index in [9.17, 15) is 9.11 Å². The van der Waals surface area contributed by atoms with Crippen LogP contribution in [0.3, 0.4) is 0 Å². The van der Waals surface area contributed by atoms with E-state index in [0.717, 1.165) is 6.54 Å². The van der Waals surface area contributed by atoms with Gasteiger partial charge < -0.3 is 0 Å². The van der Waals surface area contributed by atoms with Gasteiger partial charge in [-0.1, -0.05) is 0 Å². The molecule has 0 amide bonds. The van der Waals surface area contributed by atoms with Crippen LogP contribution in [0.1, 0.15) is 20.8 Å². The number of hydrogen-bond donors (Lipinski definition) is 2. The summed E-state index contributed by atoms with van der Waals surface area (Å²) in [6.45, 7) is 7.18. The summed E-state index contributed by atoms with van der Waals surface area (Å²) in [7, 11) is -2.24. The molecule has 0 aromatic carbocycles. The fourth-order valence-electron chi connectivity index (χ4n) is 1.80. The Bertz CT molecular complexity index is 161. The Labute approximate surface area is 76.1 Å². The minimum Gasteiger partial charge on any atom is -0.299 e. The van der Waals surface area contributed by atoms with Crippen molar-refractivity contribution in [3.63, 3.8) is 0 Å². The third-order valence-electron chi connectivity index (χ3n) is 2.41. The third-order valence-corrected chi connectivity index (χ3v) is 4.27. The number of hydrogen-bond acceptors (Lipinski definition) is 3. The molecule has 1 atom stereocenters. The minimum atomic E-state index is -2.24. The van der Waals surface area contributed by atoms with E-state index in [0.29, 0.717) is 23.6 Å². The van der Waals surface area contributed by atoms with Gasteiger partial charge in [0.15, 0.2) is 0 Å². The molecular weight excluding hydrogens is 174 g/mol. The second-order valence-corrected chi connectivity index (χ2v) is 6.20. The summed E-state index contributed by atoms with van der Waals surface area (Å²) >= 11 is 0. The molecule has 3 nitrogen and oxygen atoms in total. The molecule has 1 aliphatic heterocycles. The fraction of sp³-hybridized carbons (Fsp3) is 1.00. The summed E-state index contributed by atoms with van der Waals surface area (Å²) < 4.78 is 18.9. The van der Waals surface area contributed by atoms with Crippen molar-refractivity contribution in [1.29, 1.82) is 0 Å². The van der Waals surface area contributed by atoms with E-state index in [1.807, 2.05) is 0 Å². The van der Waals surface area contributed by atoms with Gasteiger partial charge in [0.05, 0.1) is 11.5 Å². The molecule has 1 heterocycles. The summed E-state index contributed by atoms with van der Waals surface area (Å²) in [6.07, 6.45) is 0. The normalized spacial score (nSPS) is 33.7. The van der Waals surface area contributed by atoms with Gasteiger partial charge in [0.2, 0.25) is 0 Å². The molecule has 4 heteroatoms. The lowest BCUT2D eigenvalue weighted by molar-refractivity contribution is 0.175. The molecule has 1 aliphatic rings. The Kier molecular flexibility index (Phi) is 3.04. The van der Waals surface area contributed by atoms with Crippen molar-refractivity contribution >= 4 is 10.6 Å². The van der Waals surface area contributed by atoms with Crippen molar-refractivity contribution in [2.75, 3.05) is 18.1 Å². The van der Waals surface area contributed by atoms with Crippen molar-refractivity contribution in [3.8, 4) is 0 Å². The van der Waals surface area contributed by atoms with E-state index < -0.39 is 10.6 Å². The lowest BCUT2D eigenvalue weighted by atomic mass is 10.2. The Morgan fingerprint density at radius 3 is 2.42 bits per heavy atom. The van der Waals surface area contributed by atoms with Gasteiger partial charge in [-0.3, -0.25) is 14.0 Å². The molecule has 1 saturated heterocycles. The highest BCUT2D eigenvalue weighted by atomic mass is 32.3. The molecule has 0 bridgehead atoms. The van der Waals surface area contributed by atoms with E-state index >= 15 is 0 Å². The van der Waals surface area contributed by atoms with E-state index in [2.05, 4.69) is 25.7 Å². The van der Waals surface area contributed by atoms with Crippen LogP contribution in [0.5, 0.6) is 0 Å². The predicted octanol–water partition coefficient (Wildman–Crippen LogP) is 1.85. The molecule has 1 rings (SSSR count). The average molecular weight is 193 g/mol. The maximum absolute atomic E-state index is 9.46. The van der Waals surface area contributed by atoms with Gasteiger partial charge in [0.25, 0.3) is 0 Å². The van der Waals surface area contributed by atoms with E-state index in [1.165, 1.54) is 0 Å². The Balaban J connectivity index is 2.54. The predicted molar refractivity (Wildman–Crippen MR) is 53.9 cm³/mol. The zero-order chi connectivity index (χ0) is 9.35. The summed E-state index contributed by atoms with van der Waals surface area (Å²) in [5, 5.41) is 0. The van der Waals surface area contributed by atoms with Crippen LogP contribution in [-0.2, 0) is 0 Å². The van der Waals surface area contributed by atoms with Gasteiger partial charge in [-0.2, -0.15) is 10.6 Å². The SMILES string of the molecule is CC(C)N1CCS(O)(O)CC1C. The molecule has 1 fully saturated rings. The van der Waals surface area contributed by atoms with E-state index in [-0.39, 0.29) is 0 Å². The molecule has 0 radical (unpaired) electrons. The summed E-state index contributed by atoms with van der Waals surface area (Å²) in [4.78, 5) is 2.32. The molecule has 12 heavy (non-hydrogen) atoms. The Morgan fingerprint density at radius 1 is 1.42 bits per heavy atom. The zero-order valence-corrected chi connectivity index (χ0v) is 8.84. The summed E-state index contributed by atoms with van der Waals surface area (Å²) in [5.74, 6) is 1.10. The monoisotopic (exact) mass is 193 g/mol. The van der Waals surface area contributed by atoms with Crippen LogP contribution in [0, 0.1) is 0 Å². The molecule has 2 N–H and O–H groups in total. The smallest absolute Gasteiger partial charge is 0.0528 e. The first-order valence-electron chi connectivity index (χ1n) is 4.42. The average Bonchev–Trinajstić information content (AvgIpc) is 1.83. The van der Waals surface area contributed by atoms with E-state index in [1.54, 1.807) is 0 Å². The highest BCUT2D eigenvalue weighted by Gasteiger charge is 2.29. The largest absolute Gasteiger partial charge is 0.299 e. The topological polar surface area (TPSA) is 43.7 Å². The minimum absolute atomic E-state index is 0.309. The quantitative estimate of drug-likeness (QED) is 0.668. The first-order valence-corrected chi connectivity index (χ1v) is 6.30. The molecule has 0 aromatic heterocycles. The van der Waals surface area contributed by atoms with Crippen molar-refractivity contribution in [1.82, 2.24) is 4.90 Å². The second kappa shape index (κ2) is 3.54.